The Balaban J connectivity index is 0.00000156. The highest BCUT2D eigenvalue weighted by molar-refractivity contribution is 5.89. The van der Waals surface area contributed by atoms with E-state index in [1.807, 2.05) is 9.80 Å². The van der Waals surface area contributed by atoms with Crippen molar-refractivity contribution in [2.75, 3.05) is 45.8 Å². The van der Waals surface area contributed by atoms with Crippen LogP contribution in [-0.2, 0) is 9.59 Å². The number of likely N-dealkylation sites (tertiary alicyclic amines) is 3. The van der Waals surface area contributed by atoms with Gasteiger partial charge >= 0.3 is 0 Å². The van der Waals surface area contributed by atoms with Crippen molar-refractivity contribution in [3.63, 3.8) is 0 Å². The first kappa shape index (κ1) is 22.5. The summed E-state index contributed by atoms with van der Waals surface area (Å²) in [5.74, 6) is 0.607. The van der Waals surface area contributed by atoms with Crippen LogP contribution in [0, 0.1) is 11.8 Å². The summed E-state index contributed by atoms with van der Waals surface area (Å²) in [6.07, 6.45) is 3.78. The van der Waals surface area contributed by atoms with Crippen LogP contribution in [0.5, 0.6) is 0 Å². The van der Waals surface area contributed by atoms with E-state index in [1.54, 1.807) is 0 Å². The van der Waals surface area contributed by atoms with Crippen LogP contribution in [0.3, 0.4) is 0 Å². The molecule has 0 spiro atoms. The van der Waals surface area contributed by atoms with E-state index < -0.39 is 0 Å². The number of hydrogen-bond donors (Lipinski definition) is 1. The highest BCUT2D eigenvalue weighted by Gasteiger charge is 2.39. The molecule has 3 fully saturated rings. The number of carbonyl (C=O) groups is 2. The Kier molecular flexibility index (Phi) is 8.95. The van der Waals surface area contributed by atoms with E-state index in [2.05, 4.69) is 11.8 Å². The van der Waals surface area contributed by atoms with Crippen molar-refractivity contribution in [2.24, 2.45) is 17.6 Å². The second-order valence-corrected chi connectivity index (χ2v) is 7.30. The Labute approximate surface area is 163 Å². The summed E-state index contributed by atoms with van der Waals surface area (Å²) in [6, 6.07) is 0.478. The normalized spacial score (nSPS) is 29.7. The van der Waals surface area contributed by atoms with E-state index in [1.165, 1.54) is 12.8 Å². The molecule has 3 aliphatic rings. The smallest absolute Gasteiger partial charge is 0.228 e. The van der Waals surface area contributed by atoms with Crippen molar-refractivity contribution < 1.29 is 9.59 Å². The van der Waals surface area contributed by atoms with Gasteiger partial charge in [0.15, 0.2) is 0 Å². The van der Waals surface area contributed by atoms with Gasteiger partial charge in [0.25, 0.3) is 0 Å². The summed E-state index contributed by atoms with van der Waals surface area (Å²) in [5.41, 5.74) is 5.71. The summed E-state index contributed by atoms with van der Waals surface area (Å²) in [7, 11) is 0. The molecule has 2 N–H and O–H groups in total. The topological polar surface area (TPSA) is 69.9 Å². The predicted octanol–water partition coefficient (Wildman–Crippen LogP) is 0.970. The number of halogens is 2. The molecule has 3 rings (SSSR count). The van der Waals surface area contributed by atoms with Gasteiger partial charge in [-0.2, -0.15) is 0 Å². The molecule has 0 saturated carbocycles. The number of nitrogens with two attached hydrogens (primary N) is 1. The second kappa shape index (κ2) is 9.95. The van der Waals surface area contributed by atoms with Crippen molar-refractivity contribution in [1.82, 2.24) is 14.7 Å². The number of carbonyl (C=O) groups excluding carboxylic acids is 2. The Bertz CT molecular complexity index is 466. The molecule has 0 aromatic carbocycles. The van der Waals surface area contributed by atoms with Crippen LogP contribution in [-0.4, -0.2) is 78.4 Å². The lowest BCUT2D eigenvalue weighted by molar-refractivity contribution is -0.135. The van der Waals surface area contributed by atoms with Crippen molar-refractivity contribution in [1.29, 1.82) is 0 Å². The number of nitrogens with zero attached hydrogens (tertiary/aromatic N) is 3. The first-order chi connectivity index (χ1) is 11.1. The third-order valence-electron chi connectivity index (χ3n) is 5.83. The molecular weight excluding hydrogens is 363 g/mol. The van der Waals surface area contributed by atoms with E-state index >= 15 is 0 Å². The quantitative estimate of drug-likeness (QED) is 0.753. The summed E-state index contributed by atoms with van der Waals surface area (Å²) < 4.78 is 0. The maximum Gasteiger partial charge on any atom is 0.228 e. The lowest BCUT2D eigenvalue weighted by Crippen LogP contribution is -2.42. The fourth-order valence-corrected chi connectivity index (χ4v) is 4.37. The lowest BCUT2D eigenvalue weighted by Gasteiger charge is -2.28. The van der Waals surface area contributed by atoms with Crippen LogP contribution < -0.4 is 5.73 Å². The molecule has 146 valence electrons. The molecular formula is C17H32Cl2N4O2. The maximum atomic E-state index is 12.7. The van der Waals surface area contributed by atoms with Gasteiger partial charge in [-0.1, -0.05) is 6.92 Å². The zero-order valence-corrected chi connectivity index (χ0v) is 16.7. The van der Waals surface area contributed by atoms with Crippen LogP contribution in [0.2, 0.25) is 0 Å². The standard InChI is InChI=1S/C17H30N4O2.2ClH/c1-2-19-6-3-4-15(19)12-21-11-14(8-16(21)22)17(23)20-7-5-13(9-18)10-20;;/h13-15H,2-12,18H2,1H3;2*1H. The Morgan fingerprint density at radius 3 is 2.60 bits per heavy atom. The summed E-state index contributed by atoms with van der Waals surface area (Å²) in [5, 5.41) is 0. The molecule has 8 heteroatoms. The number of amides is 2. The van der Waals surface area contributed by atoms with E-state index in [0.717, 1.165) is 39.1 Å². The van der Waals surface area contributed by atoms with Gasteiger partial charge in [-0.3, -0.25) is 14.5 Å². The van der Waals surface area contributed by atoms with Crippen LogP contribution in [0.1, 0.15) is 32.6 Å². The third-order valence-corrected chi connectivity index (χ3v) is 5.83. The zero-order chi connectivity index (χ0) is 16.4. The average molecular weight is 395 g/mol. The molecule has 2 amide bonds. The van der Waals surface area contributed by atoms with E-state index in [9.17, 15) is 9.59 Å². The molecule has 3 heterocycles. The molecule has 6 nitrogen and oxygen atoms in total. The minimum Gasteiger partial charge on any atom is -0.342 e. The molecule has 0 aromatic heterocycles. The van der Waals surface area contributed by atoms with Crippen LogP contribution in [0.25, 0.3) is 0 Å². The summed E-state index contributed by atoms with van der Waals surface area (Å²) in [6.45, 7) is 7.98. The van der Waals surface area contributed by atoms with Crippen molar-refractivity contribution in [3.8, 4) is 0 Å². The van der Waals surface area contributed by atoms with E-state index in [0.29, 0.717) is 31.5 Å². The summed E-state index contributed by atoms with van der Waals surface area (Å²) in [4.78, 5) is 31.3. The molecule has 3 saturated heterocycles. The molecule has 3 atom stereocenters. The van der Waals surface area contributed by atoms with Gasteiger partial charge in [-0.15, -0.1) is 24.8 Å². The third kappa shape index (κ3) is 5.00. The zero-order valence-electron chi connectivity index (χ0n) is 15.1. The van der Waals surface area contributed by atoms with Crippen LogP contribution >= 0.6 is 24.8 Å². The first-order valence-electron chi connectivity index (χ1n) is 9.13. The van der Waals surface area contributed by atoms with E-state index in [-0.39, 0.29) is 42.5 Å². The fourth-order valence-electron chi connectivity index (χ4n) is 4.37. The van der Waals surface area contributed by atoms with Gasteiger partial charge in [0, 0.05) is 38.6 Å². The molecule has 0 aromatic rings. The van der Waals surface area contributed by atoms with Gasteiger partial charge in [-0.05, 0) is 44.8 Å². The van der Waals surface area contributed by atoms with Crippen LogP contribution in [0.15, 0.2) is 0 Å². The fraction of sp³-hybridized carbons (Fsp3) is 0.882. The van der Waals surface area contributed by atoms with Gasteiger partial charge in [0.05, 0.1) is 5.92 Å². The van der Waals surface area contributed by atoms with Gasteiger partial charge in [0.2, 0.25) is 11.8 Å². The SMILES string of the molecule is CCN1CCCC1CN1CC(C(=O)N2CCC(CN)C2)CC1=O.Cl.Cl. The molecule has 3 unspecified atom stereocenters. The Morgan fingerprint density at radius 1 is 1.20 bits per heavy atom. The lowest BCUT2D eigenvalue weighted by atomic mass is 10.1. The maximum absolute atomic E-state index is 12.7. The highest BCUT2D eigenvalue weighted by atomic mass is 35.5. The number of rotatable bonds is 5. The summed E-state index contributed by atoms with van der Waals surface area (Å²) >= 11 is 0. The van der Waals surface area contributed by atoms with Gasteiger partial charge in [-0.25, -0.2) is 0 Å². The largest absolute Gasteiger partial charge is 0.342 e. The van der Waals surface area contributed by atoms with Crippen molar-refractivity contribution in [2.45, 2.75) is 38.6 Å². The van der Waals surface area contributed by atoms with Crippen molar-refractivity contribution >= 4 is 36.6 Å². The Hall–Kier alpha value is -0.560. The monoisotopic (exact) mass is 394 g/mol. The molecule has 0 radical (unpaired) electrons. The van der Waals surface area contributed by atoms with Gasteiger partial charge in [0.1, 0.15) is 0 Å². The van der Waals surface area contributed by atoms with Gasteiger partial charge < -0.3 is 15.5 Å². The molecule has 3 aliphatic heterocycles. The highest BCUT2D eigenvalue weighted by Crippen LogP contribution is 2.26. The molecule has 0 aliphatic carbocycles. The minimum atomic E-state index is -0.143. The van der Waals surface area contributed by atoms with Crippen LogP contribution in [0.4, 0.5) is 0 Å². The molecule has 25 heavy (non-hydrogen) atoms. The number of likely N-dealkylation sites (N-methyl/N-ethyl adjacent to an activating group) is 1. The van der Waals surface area contributed by atoms with Crippen molar-refractivity contribution in [3.05, 3.63) is 0 Å². The first-order valence-corrected chi connectivity index (χ1v) is 9.13. The predicted molar refractivity (Wildman–Crippen MR) is 103 cm³/mol. The Morgan fingerprint density at radius 2 is 1.96 bits per heavy atom. The van der Waals surface area contributed by atoms with E-state index in [4.69, 9.17) is 5.73 Å². The minimum absolute atomic E-state index is 0. The second-order valence-electron chi connectivity index (χ2n) is 7.30. The average Bonchev–Trinajstić information content (AvgIpc) is 3.27. The molecule has 0 bridgehead atoms. The number of hydrogen-bond acceptors (Lipinski definition) is 4.